The summed E-state index contributed by atoms with van der Waals surface area (Å²) in [5.74, 6) is -1.11. The Balaban J connectivity index is 1.96. The predicted octanol–water partition coefficient (Wildman–Crippen LogP) is 4.17. The largest absolute Gasteiger partial charge is 0.493 e. The number of rotatable bonds is 11. The maximum absolute atomic E-state index is 14.5. The van der Waals surface area contributed by atoms with Gasteiger partial charge in [-0.15, -0.1) is 0 Å². The third kappa shape index (κ3) is 6.38. The highest BCUT2D eigenvalue weighted by atomic mass is 32.1. The van der Waals surface area contributed by atoms with E-state index < -0.39 is 23.8 Å². The average molecular weight is 604 g/mol. The number of nitrogens with zero attached hydrogens (tertiary/aromatic N) is 2. The molecule has 4 rings (SSSR count). The van der Waals surface area contributed by atoms with Gasteiger partial charge in [-0.2, -0.15) is 4.37 Å². The molecular formula is C31H33N5O6S. The molecule has 1 aromatic heterocycles. The molecule has 0 spiro atoms. The molecule has 224 valence electrons. The summed E-state index contributed by atoms with van der Waals surface area (Å²) >= 11 is 0.732. The highest BCUT2D eigenvalue weighted by molar-refractivity contribution is 7.09. The zero-order valence-electron chi connectivity index (χ0n) is 24.5. The van der Waals surface area contributed by atoms with Crippen molar-refractivity contribution < 1.29 is 28.6 Å². The number of anilines is 2. The zero-order chi connectivity index (χ0) is 31.3. The second-order valence-corrected chi connectivity index (χ2v) is 10.4. The van der Waals surface area contributed by atoms with Crippen LogP contribution in [-0.2, 0) is 11.3 Å². The Labute approximate surface area is 253 Å². The molecule has 0 bridgehead atoms. The lowest BCUT2D eigenvalue weighted by atomic mass is 9.99. The van der Waals surface area contributed by atoms with Gasteiger partial charge in [-0.1, -0.05) is 48.0 Å². The van der Waals surface area contributed by atoms with Crippen molar-refractivity contribution in [2.24, 2.45) is 5.73 Å². The number of nitrogens with two attached hydrogens (primary N) is 2. The summed E-state index contributed by atoms with van der Waals surface area (Å²) in [6, 6.07) is 16.8. The van der Waals surface area contributed by atoms with E-state index in [4.69, 9.17) is 25.7 Å². The minimum Gasteiger partial charge on any atom is -0.493 e. The molecule has 12 heteroatoms. The number of aryl methyl sites for hydroxylation is 2. The van der Waals surface area contributed by atoms with Crippen LogP contribution in [0.3, 0.4) is 0 Å². The maximum Gasteiger partial charge on any atom is 0.273 e. The normalized spacial score (nSPS) is 11.4. The lowest BCUT2D eigenvalue weighted by molar-refractivity contribution is -0.122. The van der Waals surface area contributed by atoms with Gasteiger partial charge in [0, 0.05) is 12.2 Å². The first kappa shape index (κ1) is 30.8. The minimum absolute atomic E-state index is 0.0397. The van der Waals surface area contributed by atoms with Gasteiger partial charge in [0.25, 0.3) is 11.8 Å². The number of methoxy groups -OCH3 is 3. The Morgan fingerprint density at radius 1 is 0.953 bits per heavy atom. The molecule has 1 heterocycles. The van der Waals surface area contributed by atoms with Gasteiger partial charge in [-0.3, -0.25) is 19.3 Å². The lowest BCUT2D eigenvalue weighted by Crippen LogP contribution is -2.44. The van der Waals surface area contributed by atoms with Gasteiger partial charge in [0.2, 0.25) is 11.7 Å². The first-order chi connectivity index (χ1) is 20.6. The number of nitrogen functional groups attached to an aromatic ring is 1. The molecule has 1 unspecified atom stereocenters. The number of ether oxygens (including phenoxy) is 3. The van der Waals surface area contributed by atoms with Crippen LogP contribution in [0.5, 0.6) is 17.2 Å². The molecule has 0 saturated heterocycles. The first-order valence-corrected chi connectivity index (χ1v) is 14.0. The Bertz CT molecular complexity index is 1630. The molecule has 0 saturated carbocycles. The van der Waals surface area contributed by atoms with E-state index in [0.29, 0.717) is 28.5 Å². The molecule has 5 N–H and O–H groups in total. The monoisotopic (exact) mass is 603 g/mol. The molecule has 11 nitrogen and oxygen atoms in total. The van der Waals surface area contributed by atoms with E-state index >= 15 is 0 Å². The molecule has 0 aliphatic heterocycles. The Morgan fingerprint density at radius 3 is 2.14 bits per heavy atom. The van der Waals surface area contributed by atoms with E-state index in [1.165, 1.54) is 26.2 Å². The van der Waals surface area contributed by atoms with Gasteiger partial charge in [-0.05, 0) is 60.3 Å². The van der Waals surface area contributed by atoms with Crippen molar-refractivity contribution in [1.82, 2.24) is 9.69 Å². The summed E-state index contributed by atoms with van der Waals surface area (Å²) in [4.78, 5) is 42.0. The average Bonchev–Trinajstić information content (AvgIpc) is 3.40. The molecule has 0 radical (unpaired) electrons. The molecule has 0 aliphatic carbocycles. The number of aromatic nitrogens is 1. The van der Waals surface area contributed by atoms with Crippen LogP contribution in [0.4, 0.5) is 11.4 Å². The molecule has 1 atom stereocenters. The summed E-state index contributed by atoms with van der Waals surface area (Å²) in [6.45, 7) is 3.96. The Morgan fingerprint density at radius 2 is 1.60 bits per heavy atom. The molecule has 4 aromatic rings. The van der Waals surface area contributed by atoms with Crippen molar-refractivity contribution in [3.8, 4) is 17.2 Å². The number of hydrogen-bond donors (Lipinski definition) is 3. The van der Waals surface area contributed by atoms with Gasteiger partial charge in [0.15, 0.2) is 17.2 Å². The minimum atomic E-state index is -1.26. The number of nitrogens with one attached hydrogen (secondary N) is 1. The fraction of sp³-hybridized carbons (Fsp3) is 0.226. The number of hydrogen-bond acceptors (Lipinski definition) is 9. The van der Waals surface area contributed by atoms with Crippen LogP contribution in [0.15, 0.2) is 60.7 Å². The first-order valence-electron chi connectivity index (χ1n) is 13.2. The number of amides is 3. The topological polar surface area (TPSA) is 159 Å². The van der Waals surface area contributed by atoms with E-state index in [-0.39, 0.29) is 22.8 Å². The van der Waals surface area contributed by atoms with Crippen molar-refractivity contribution in [3.63, 3.8) is 0 Å². The van der Waals surface area contributed by atoms with Gasteiger partial charge in [-0.25, -0.2) is 0 Å². The summed E-state index contributed by atoms with van der Waals surface area (Å²) in [5.41, 5.74) is 14.6. The van der Waals surface area contributed by atoms with E-state index in [9.17, 15) is 14.4 Å². The van der Waals surface area contributed by atoms with Crippen molar-refractivity contribution in [2.45, 2.75) is 26.4 Å². The standard InChI is InChI=1S/C31H33N5O6S/c1-17-11-12-21(18(2)13-17)36(31(39)28-24(32)25(29(33)37)35-43-28)26(30(38)34-16-19-9-7-6-8-10-19)20-14-22(40-3)27(42-5)23(15-20)41-4/h6-15,26H,16,32H2,1-5H3,(H2,33,37)(H,34,38). The van der Waals surface area contributed by atoms with Crippen LogP contribution in [0.25, 0.3) is 0 Å². The van der Waals surface area contributed by atoms with Crippen LogP contribution in [0.2, 0.25) is 0 Å². The summed E-state index contributed by atoms with van der Waals surface area (Å²) in [5, 5.41) is 2.96. The number of benzene rings is 3. The highest BCUT2D eigenvalue weighted by Gasteiger charge is 2.37. The van der Waals surface area contributed by atoms with Crippen LogP contribution < -0.4 is 35.9 Å². The smallest absolute Gasteiger partial charge is 0.273 e. The quantitative estimate of drug-likeness (QED) is 0.230. The number of carbonyl (C=O) groups excluding carboxylic acids is 3. The maximum atomic E-state index is 14.5. The SMILES string of the molecule is COc1cc(C(C(=O)NCc2ccccc2)N(C(=O)c2snc(C(N)=O)c2N)c2ccc(C)cc2C)cc(OC)c1OC. The molecule has 43 heavy (non-hydrogen) atoms. The number of primary amides is 1. The lowest BCUT2D eigenvalue weighted by Gasteiger charge is -2.33. The zero-order valence-corrected chi connectivity index (χ0v) is 25.3. The van der Waals surface area contributed by atoms with Gasteiger partial charge in [0.1, 0.15) is 10.9 Å². The Kier molecular flexibility index (Phi) is 9.51. The van der Waals surface area contributed by atoms with Crippen LogP contribution in [0, 0.1) is 13.8 Å². The molecule has 3 amide bonds. The van der Waals surface area contributed by atoms with Crippen LogP contribution >= 0.6 is 11.5 Å². The third-order valence-electron chi connectivity index (χ3n) is 6.81. The van der Waals surface area contributed by atoms with Gasteiger partial charge >= 0.3 is 0 Å². The number of carbonyl (C=O) groups is 3. The fourth-order valence-electron chi connectivity index (χ4n) is 4.74. The van der Waals surface area contributed by atoms with E-state index in [0.717, 1.165) is 28.2 Å². The second-order valence-electron chi connectivity index (χ2n) is 9.67. The van der Waals surface area contributed by atoms with Crippen LogP contribution in [-0.4, -0.2) is 43.4 Å². The van der Waals surface area contributed by atoms with E-state index in [1.54, 1.807) is 18.2 Å². The van der Waals surface area contributed by atoms with Crippen molar-refractivity contribution in [1.29, 1.82) is 0 Å². The molecule has 0 aliphatic rings. The van der Waals surface area contributed by atoms with Gasteiger partial charge in [0.05, 0.1) is 27.0 Å². The van der Waals surface area contributed by atoms with Crippen molar-refractivity contribution in [3.05, 3.63) is 93.5 Å². The Hall–Kier alpha value is -5.10. The predicted molar refractivity (Wildman–Crippen MR) is 165 cm³/mol. The van der Waals surface area contributed by atoms with E-state index in [2.05, 4.69) is 9.69 Å². The highest BCUT2D eigenvalue weighted by Crippen LogP contribution is 2.43. The van der Waals surface area contributed by atoms with E-state index in [1.807, 2.05) is 56.3 Å². The van der Waals surface area contributed by atoms with Crippen molar-refractivity contribution >= 4 is 40.6 Å². The van der Waals surface area contributed by atoms with Gasteiger partial charge < -0.3 is 31.0 Å². The van der Waals surface area contributed by atoms with Crippen LogP contribution in [0.1, 0.15) is 48.5 Å². The van der Waals surface area contributed by atoms with Crippen molar-refractivity contribution in [2.75, 3.05) is 32.0 Å². The third-order valence-corrected chi connectivity index (χ3v) is 7.66. The second kappa shape index (κ2) is 13.3. The summed E-state index contributed by atoms with van der Waals surface area (Å²) in [6.07, 6.45) is 0. The molecular weight excluding hydrogens is 570 g/mol. The molecule has 3 aromatic carbocycles. The summed E-state index contributed by atoms with van der Waals surface area (Å²) in [7, 11) is 4.39. The summed E-state index contributed by atoms with van der Waals surface area (Å²) < 4.78 is 20.7. The fourth-order valence-corrected chi connectivity index (χ4v) is 5.48. The molecule has 0 fully saturated rings.